The van der Waals surface area contributed by atoms with Crippen molar-refractivity contribution in [1.82, 2.24) is 10.2 Å². The summed E-state index contributed by atoms with van der Waals surface area (Å²) in [6.45, 7) is -0.168. The highest BCUT2D eigenvalue weighted by Gasteiger charge is 2.32. The maximum Gasteiger partial charge on any atom is 0.335 e. The van der Waals surface area contributed by atoms with Crippen molar-refractivity contribution in [1.29, 1.82) is 0 Å². The van der Waals surface area contributed by atoms with Crippen molar-refractivity contribution in [2.75, 3.05) is 13.7 Å². The molecule has 1 amide bonds. The Morgan fingerprint density at radius 3 is 2.76 bits per heavy atom. The van der Waals surface area contributed by atoms with Crippen LogP contribution in [0, 0.1) is 0 Å². The number of carbonyl (C=O) groups excluding carboxylic acids is 1. The summed E-state index contributed by atoms with van der Waals surface area (Å²) in [5.41, 5.74) is 1.79. The van der Waals surface area contributed by atoms with Crippen LogP contribution in [0.25, 0.3) is 0 Å². The molecule has 0 spiro atoms. The summed E-state index contributed by atoms with van der Waals surface area (Å²) in [6.07, 6.45) is 0. The van der Waals surface area contributed by atoms with Gasteiger partial charge in [0.25, 0.3) is 5.91 Å². The number of methoxy groups -OCH3 is 1. The molecule has 0 bridgehead atoms. The molecule has 1 saturated heterocycles. The first-order valence-electron chi connectivity index (χ1n) is 5.70. The highest BCUT2D eigenvalue weighted by atomic mass is 32.2. The molecular formula is C11H12N2O7S. The lowest BCUT2D eigenvalue weighted by molar-refractivity contribution is -0.124. The van der Waals surface area contributed by atoms with Crippen LogP contribution >= 0.6 is 0 Å². The fraction of sp³-hybridized carbons (Fsp3) is 0.273. The molecule has 0 unspecified atom stereocenters. The molecule has 0 radical (unpaired) electrons. The van der Waals surface area contributed by atoms with Gasteiger partial charge in [0.2, 0.25) is 10.0 Å². The molecule has 1 aliphatic heterocycles. The molecule has 3 N–H and O–H groups in total. The van der Waals surface area contributed by atoms with Gasteiger partial charge in [0.15, 0.2) is 0 Å². The lowest BCUT2D eigenvalue weighted by atomic mass is 10.2. The summed E-state index contributed by atoms with van der Waals surface area (Å²) in [5.74, 6) is -1.95. The normalized spacial score (nSPS) is 18.3. The van der Waals surface area contributed by atoms with Gasteiger partial charge in [-0.15, -0.1) is 0 Å². The van der Waals surface area contributed by atoms with Crippen molar-refractivity contribution in [3.05, 3.63) is 23.8 Å². The molecule has 0 saturated carbocycles. The van der Waals surface area contributed by atoms with Gasteiger partial charge in [0.1, 0.15) is 23.3 Å². The first kappa shape index (κ1) is 15.2. The summed E-state index contributed by atoms with van der Waals surface area (Å²) in [7, 11) is -2.90. The van der Waals surface area contributed by atoms with Crippen LogP contribution in [0.4, 0.5) is 0 Å². The van der Waals surface area contributed by atoms with E-state index in [1.165, 1.54) is 19.2 Å². The van der Waals surface area contributed by atoms with Crippen molar-refractivity contribution in [2.24, 2.45) is 0 Å². The number of amides is 1. The average molecular weight is 316 g/mol. The van der Waals surface area contributed by atoms with E-state index in [9.17, 15) is 18.0 Å². The van der Waals surface area contributed by atoms with E-state index in [0.717, 1.165) is 6.07 Å². The summed E-state index contributed by atoms with van der Waals surface area (Å²) in [6, 6.07) is 2.31. The molecule has 0 aliphatic carbocycles. The lowest BCUT2D eigenvalue weighted by Crippen LogP contribution is -2.41. The van der Waals surface area contributed by atoms with Gasteiger partial charge in [-0.1, -0.05) is 0 Å². The van der Waals surface area contributed by atoms with Gasteiger partial charge < -0.3 is 9.84 Å². The zero-order chi connectivity index (χ0) is 15.6. The minimum Gasteiger partial charge on any atom is -0.495 e. The van der Waals surface area contributed by atoms with Crippen LogP contribution in [-0.4, -0.2) is 45.2 Å². The van der Waals surface area contributed by atoms with E-state index in [4.69, 9.17) is 9.84 Å². The standard InChI is InChI=1S/C11H12N2O7S/c1-19-8-3-2-6(11(15)16)4-9(8)21(17,18)13-7-5-20-12-10(7)14/h2-4,7,13H,5H2,1H3,(H,12,14)(H,15,16)/t7-/m1/s1. The number of hydrogen-bond acceptors (Lipinski definition) is 6. The monoisotopic (exact) mass is 316 g/mol. The first-order chi connectivity index (χ1) is 9.85. The van der Waals surface area contributed by atoms with Gasteiger partial charge in [-0.3, -0.25) is 9.63 Å². The summed E-state index contributed by atoms with van der Waals surface area (Å²) in [5, 5.41) is 8.92. The van der Waals surface area contributed by atoms with Crippen molar-refractivity contribution in [3.63, 3.8) is 0 Å². The van der Waals surface area contributed by atoms with Crippen LogP contribution < -0.4 is 14.9 Å². The number of carbonyl (C=O) groups is 2. The number of nitrogens with one attached hydrogen (secondary N) is 2. The largest absolute Gasteiger partial charge is 0.495 e. The Morgan fingerprint density at radius 1 is 1.52 bits per heavy atom. The number of aromatic carboxylic acids is 1. The van der Waals surface area contributed by atoms with E-state index in [1.54, 1.807) is 0 Å². The van der Waals surface area contributed by atoms with Crippen molar-refractivity contribution >= 4 is 21.9 Å². The number of hydroxylamine groups is 1. The Bertz CT molecular complexity index is 686. The maximum absolute atomic E-state index is 12.3. The van der Waals surface area contributed by atoms with Crippen LogP contribution in [0.15, 0.2) is 23.1 Å². The predicted octanol–water partition coefficient (Wildman–Crippen LogP) is -0.898. The van der Waals surface area contributed by atoms with E-state index in [-0.39, 0.29) is 22.8 Å². The summed E-state index contributed by atoms with van der Waals surface area (Å²) >= 11 is 0. The smallest absolute Gasteiger partial charge is 0.335 e. The molecule has 1 aromatic rings. The van der Waals surface area contributed by atoms with Gasteiger partial charge in [-0.25, -0.2) is 18.7 Å². The van der Waals surface area contributed by atoms with Gasteiger partial charge in [0.05, 0.1) is 12.7 Å². The predicted molar refractivity (Wildman–Crippen MR) is 68.2 cm³/mol. The van der Waals surface area contributed by atoms with Crippen molar-refractivity contribution in [3.8, 4) is 5.75 Å². The van der Waals surface area contributed by atoms with E-state index in [2.05, 4.69) is 9.56 Å². The third kappa shape index (κ3) is 3.12. The summed E-state index contributed by atoms with van der Waals surface area (Å²) < 4.78 is 31.6. The molecule has 1 fully saturated rings. The molecule has 2 rings (SSSR count). The van der Waals surface area contributed by atoms with E-state index in [1.807, 2.05) is 5.48 Å². The number of benzene rings is 1. The quantitative estimate of drug-likeness (QED) is 0.641. The number of carboxylic acids is 1. The van der Waals surface area contributed by atoms with Crippen LogP contribution in [0.2, 0.25) is 0 Å². The van der Waals surface area contributed by atoms with E-state index < -0.39 is 27.9 Å². The second kappa shape index (κ2) is 5.68. The Hall–Kier alpha value is -2.17. The lowest BCUT2D eigenvalue weighted by Gasteiger charge is -2.13. The Morgan fingerprint density at radius 2 is 2.24 bits per heavy atom. The summed E-state index contributed by atoms with van der Waals surface area (Å²) in [4.78, 5) is 26.5. The molecule has 1 atom stereocenters. The van der Waals surface area contributed by atoms with Gasteiger partial charge in [-0.05, 0) is 18.2 Å². The fourth-order valence-corrected chi connectivity index (χ4v) is 3.08. The van der Waals surface area contributed by atoms with Crippen molar-refractivity contribution in [2.45, 2.75) is 10.9 Å². The maximum atomic E-state index is 12.3. The SMILES string of the molecule is COc1ccc(C(=O)O)cc1S(=O)(=O)N[C@@H]1CONC1=O. The Balaban J connectivity index is 2.40. The third-order valence-corrected chi connectivity index (χ3v) is 4.23. The number of ether oxygens (including phenoxy) is 1. The van der Waals surface area contributed by atoms with Gasteiger partial charge in [0, 0.05) is 0 Å². The number of hydrogen-bond donors (Lipinski definition) is 3. The Kier molecular flexibility index (Phi) is 4.11. The number of carboxylic acid groups (broad SMARTS) is 1. The van der Waals surface area contributed by atoms with Crippen LogP contribution in [-0.2, 0) is 19.7 Å². The number of rotatable bonds is 5. The van der Waals surface area contributed by atoms with Crippen molar-refractivity contribution < 1.29 is 32.7 Å². The molecule has 10 heteroatoms. The van der Waals surface area contributed by atoms with Crippen LogP contribution in [0.1, 0.15) is 10.4 Å². The topological polar surface area (TPSA) is 131 Å². The molecule has 1 aromatic carbocycles. The van der Waals surface area contributed by atoms with Gasteiger partial charge >= 0.3 is 5.97 Å². The second-order valence-corrected chi connectivity index (χ2v) is 5.80. The minimum atomic E-state index is -4.15. The van der Waals surface area contributed by atoms with Gasteiger partial charge in [-0.2, -0.15) is 4.72 Å². The zero-order valence-electron chi connectivity index (χ0n) is 10.8. The molecule has 114 valence electrons. The molecule has 21 heavy (non-hydrogen) atoms. The second-order valence-electron chi connectivity index (χ2n) is 4.12. The van der Waals surface area contributed by atoms with Crippen LogP contribution in [0.5, 0.6) is 5.75 Å². The third-order valence-electron chi connectivity index (χ3n) is 2.74. The minimum absolute atomic E-state index is 0.0353. The van der Waals surface area contributed by atoms with E-state index in [0.29, 0.717) is 0 Å². The van der Waals surface area contributed by atoms with Crippen LogP contribution in [0.3, 0.4) is 0 Å². The zero-order valence-corrected chi connectivity index (χ0v) is 11.6. The Labute approximate surface area is 119 Å². The molecule has 0 aromatic heterocycles. The molecule has 1 aliphatic rings. The highest BCUT2D eigenvalue weighted by Crippen LogP contribution is 2.25. The molecule has 9 nitrogen and oxygen atoms in total. The molecule has 1 heterocycles. The van der Waals surface area contributed by atoms with E-state index >= 15 is 0 Å². The first-order valence-corrected chi connectivity index (χ1v) is 7.19. The highest BCUT2D eigenvalue weighted by molar-refractivity contribution is 7.89. The number of sulfonamides is 1. The average Bonchev–Trinajstić information content (AvgIpc) is 2.82. The fourth-order valence-electron chi connectivity index (χ4n) is 1.70. The molecular weight excluding hydrogens is 304 g/mol.